The van der Waals surface area contributed by atoms with E-state index in [1.165, 1.54) is 0 Å². The predicted octanol–water partition coefficient (Wildman–Crippen LogP) is 5.81. The lowest BCUT2D eigenvalue weighted by Crippen LogP contribution is -2.29. The maximum Gasteiger partial charge on any atom is 0.534 e. The molecule has 0 radical (unpaired) electrons. The molecule has 30 heavy (non-hydrogen) atoms. The molecule has 0 aliphatic heterocycles. The van der Waals surface area contributed by atoms with Crippen LogP contribution in [0.3, 0.4) is 0 Å². The van der Waals surface area contributed by atoms with Gasteiger partial charge in [0.05, 0.1) is 10.0 Å². The summed E-state index contributed by atoms with van der Waals surface area (Å²) in [7, 11) is -5.92. The Bertz CT molecular complexity index is 1050. The Labute approximate surface area is 181 Å². The van der Waals surface area contributed by atoms with E-state index in [-0.39, 0.29) is 15.8 Å². The fourth-order valence-electron chi connectivity index (χ4n) is 3.60. The second kappa shape index (κ2) is 8.70. The van der Waals surface area contributed by atoms with E-state index < -0.39 is 27.3 Å². The molecule has 4 nitrogen and oxygen atoms in total. The standard InChI is InChI=1S/C21H20BrF3O4S/c1-2-3-9-14-11-15-12-16(10-13-7-5-4-6-8-13)18(22)20(17(15)19(14)26)29-30(27,28)21(23,24)25/h4-8,12,14H,2-3,9-11H2,1H3. The number of halogens is 4. The SMILES string of the molecule is CCCCC1Cc2cc(Cc3ccccc3)c(Br)c(OS(=O)(=O)C(F)(F)F)c2C1=O. The Hall–Kier alpha value is -1.87. The third-order valence-electron chi connectivity index (χ3n) is 5.08. The van der Waals surface area contributed by atoms with E-state index in [0.717, 1.165) is 18.4 Å². The number of Topliss-reactive ketones (excluding diaryl/α,β-unsaturated/α-hetero) is 1. The van der Waals surface area contributed by atoms with Crippen LogP contribution in [0, 0.1) is 5.92 Å². The molecule has 0 saturated heterocycles. The molecule has 162 valence electrons. The first kappa shape index (κ1) is 22.8. The molecule has 0 aromatic heterocycles. The highest BCUT2D eigenvalue weighted by atomic mass is 79.9. The highest BCUT2D eigenvalue weighted by molar-refractivity contribution is 9.10. The number of ketones is 1. The van der Waals surface area contributed by atoms with E-state index in [1.54, 1.807) is 6.07 Å². The molecule has 0 N–H and O–H groups in total. The lowest BCUT2D eigenvalue weighted by molar-refractivity contribution is -0.0500. The molecule has 1 aliphatic rings. The molecule has 1 aliphatic carbocycles. The lowest BCUT2D eigenvalue weighted by atomic mass is 9.98. The van der Waals surface area contributed by atoms with Gasteiger partial charge >= 0.3 is 15.6 Å². The third-order valence-corrected chi connectivity index (χ3v) is 6.90. The normalized spacial score (nSPS) is 16.6. The number of benzene rings is 2. The minimum Gasteiger partial charge on any atom is -0.374 e. The van der Waals surface area contributed by atoms with Crippen LogP contribution in [0.5, 0.6) is 5.75 Å². The van der Waals surface area contributed by atoms with Crippen LogP contribution in [0.1, 0.15) is 53.2 Å². The van der Waals surface area contributed by atoms with Gasteiger partial charge in [0.25, 0.3) is 0 Å². The zero-order chi connectivity index (χ0) is 22.1. The highest BCUT2D eigenvalue weighted by Gasteiger charge is 2.50. The maximum absolute atomic E-state index is 13.0. The molecule has 2 aromatic rings. The van der Waals surface area contributed by atoms with Gasteiger partial charge in [0.2, 0.25) is 0 Å². The first-order chi connectivity index (χ1) is 14.0. The summed E-state index contributed by atoms with van der Waals surface area (Å²) in [5.74, 6) is -1.34. The zero-order valence-corrected chi connectivity index (χ0v) is 18.5. The first-order valence-corrected chi connectivity index (χ1v) is 11.7. The monoisotopic (exact) mass is 504 g/mol. The fraction of sp³-hybridized carbons (Fsp3) is 0.381. The molecule has 2 aromatic carbocycles. The van der Waals surface area contributed by atoms with Crippen molar-refractivity contribution in [2.45, 2.75) is 44.5 Å². The van der Waals surface area contributed by atoms with Crippen LogP contribution in [0.25, 0.3) is 0 Å². The van der Waals surface area contributed by atoms with Crippen molar-refractivity contribution >= 4 is 31.8 Å². The quantitative estimate of drug-likeness (QED) is 0.352. The molecular formula is C21H20BrF3O4S. The van der Waals surface area contributed by atoms with Crippen LogP contribution in [0.15, 0.2) is 40.9 Å². The summed E-state index contributed by atoms with van der Waals surface area (Å²) in [6.45, 7) is 1.98. The van der Waals surface area contributed by atoms with Crippen LogP contribution in [-0.2, 0) is 23.0 Å². The van der Waals surface area contributed by atoms with E-state index in [4.69, 9.17) is 0 Å². The largest absolute Gasteiger partial charge is 0.534 e. The lowest BCUT2D eigenvalue weighted by Gasteiger charge is -2.16. The summed E-state index contributed by atoms with van der Waals surface area (Å²) in [6.07, 6.45) is 2.94. The van der Waals surface area contributed by atoms with Crippen molar-refractivity contribution in [1.82, 2.24) is 0 Å². The molecule has 0 bridgehead atoms. The molecule has 0 amide bonds. The Morgan fingerprint density at radius 3 is 2.47 bits per heavy atom. The molecule has 0 saturated carbocycles. The minimum atomic E-state index is -5.92. The molecule has 1 unspecified atom stereocenters. The average molecular weight is 505 g/mol. The van der Waals surface area contributed by atoms with Gasteiger partial charge in [-0.3, -0.25) is 4.79 Å². The highest BCUT2D eigenvalue weighted by Crippen LogP contribution is 2.44. The number of fused-ring (bicyclic) bond motifs is 1. The number of carbonyl (C=O) groups excluding carboxylic acids is 1. The summed E-state index contributed by atoms with van der Waals surface area (Å²) in [5, 5.41) is 0. The minimum absolute atomic E-state index is 0.0439. The van der Waals surface area contributed by atoms with Gasteiger partial charge in [-0.25, -0.2) is 0 Å². The molecule has 0 spiro atoms. The van der Waals surface area contributed by atoms with Gasteiger partial charge < -0.3 is 4.18 Å². The smallest absolute Gasteiger partial charge is 0.374 e. The first-order valence-electron chi connectivity index (χ1n) is 9.48. The summed E-state index contributed by atoms with van der Waals surface area (Å²) >= 11 is 3.20. The number of rotatable bonds is 7. The van der Waals surface area contributed by atoms with Crippen molar-refractivity contribution in [2.24, 2.45) is 5.92 Å². The second-order valence-corrected chi connectivity index (χ2v) is 9.60. The topological polar surface area (TPSA) is 60.4 Å². The van der Waals surface area contributed by atoms with Gasteiger partial charge in [-0.1, -0.05) is 56.2 Å². The van der Waals surface area contributed by atoms with Gasteiger partial charge in [0, 0.05) is 5.92 Å². The van der Waals surface area contributed by atoms with Crippen molar-refractivity contribution in [3.63, 3.8) is 0 Å². The average Bonchev–Trinajstić information content (AvgIpc) is 2.98. The van der Waals surface area contributed by atoms with Crippen molar-refractivity contribution in [3.8, 4) is 5.75 Å². The Kier molecular flexibility index (Phi) is 6.62. The van der Waals surface area contributed by atoms with E-state index in [9.17, 15) is 26.4 Å². The maximum atomic E-state index is 13.0. The van der Waals surface area contributed by atoms with E-state index in [0.29, 0.717) is 30.4 Å². The van der Waals surface area contributed by atoms with Crippen molar-refractivity contribution in [2.75, 3.05) is 0 Å². The number of hydrogen-bond donors (Lipinski definition) is 0. The van der Waals surface area contributed by atoms with E-state index in [2.05, 4.69) is 20.1 Å². The van der Waals surface area contributed by atoms with Gasteiger partial charge in [-0.05, 0) is 51.9 Å². The number of unbranched alkanes of at least 4 members (excludes halogenated alkanes) is 1. The van der Waals surface area contributed by atoms with Crippen LogP contribution >= 0.6 is 15.9 Å². The Morgan fingerprint density at radius 2 is 1.87 bits per heavy atom. The van der Waals surface area contributed by atoms with E-state index >= 15 is 0 Å². The van der Waals surface area contributed by atoms with Crippen molar-refractivity contribution in [3.05, 3.63) is 63.1 Å². The number of carbonyl (C=O) groups is 1. The summed E-state index contributed by atoms with van der Waals surface area (Å²) in [6, 6.07) is 10.9. The second-order valence-electron chi connectivity index (χ2n) is 7.27. The van der Waals surface area contributed by atoms with Gasteiger partial charge in [-0.15, -0.1) is 0 Å². The number of alkyl halides is 3. The fourth-order valence-corrected chi connectivity index (χ4v) is 4.73. The summed E-state index contributed by atoms with van der Waals surface area (Å²) in [4.78, 5) is 12.9. The molecule has 0 fully saturated rings. The molecule has 0 heterocycles. The van der Waals surface area contributed by atoms with Crippen molar-refractivity contribution in [1.29, 1.82) is 0 Å². The number of hydrogen-bond acceptors (Lipinski definition) is 4. The molecule has 1 atom stereocenters. The van der Waals surface area contributed by atoms with Crippen molar-refractivity contribution < 1.29 is 30.6 Å². The van der Waals surface area contributed by atoms with Gasteiger partial charge in [0.1, 0.15) is 0 Å². The zero-order valence-electron chi connectivity index (χ0n) is 16.1. The van der Waals surface area contributed by atoms with E-state index in [1.807, 2.05) is 37.3 Å². The Morgan fingerprint density at radius 1 is 1.20 bits per heavy atom. The summed E-state index contributed by atoms with van der Waals surface area (Å²) < 4.78 is 66.9. The molecule has 9 heteroatoms. The van der Waals surface area contributed by atoms with Gasteiger partial charge in [-0.2, -0.15) is 21.6 Å². The van der Waals surface area contributed by atoms with Crippen LogP contribution in [-0.4, -0.2) is 19.7 Å². The van der Waals surface area contributed by atoms with Gasteiger partial charge in [0.15, 0.2) is 11.5 Å². The molecular weight excluding hydrogens is 485 g/mol. The molecule has 3 rings (SSSR count). The van der Waals surface area contributed by atoms with Crippen LogP contribution in [0.2, 0.25) is 0 Å². The van der Waals surface area contributed by atoms with Crippen LogP contribution in [0.4, 0.5) is 13.2 Å². The summed E-state index contributed by atoms with van der Waals surface area (Å²) in [5.41, 5.74) is -3.72. The Balaban J connectivity index is 2.10. The third kappa shape index (κ3) is 4.56. The van der Waals surface area contributed by atoms with Crippen LogP contribution < -0.4 is 4.18 Å². The predicted molar refractivity (Wildman–Crippen MR) is 110 cm³/mol.